The first-order valence-corrected chi connectivity index (χ1v) is 7.40. The van der Waals surface area contributed by atoms with Gasteiger partial charge in [0.25, 0.3) is 0 Å². The van der Waals surface area contributed by atoms with Gasteiger partial charge in [0.1, 0.15) is 11.8 Å². The van der Waals surface area contributed by atoms with E-state index in [-0.39, 0.29) is 11.9 Å². The molecule has 3 rings (SSSR count). The lowest BCUT2D eigenvalue weighted by molar-refractivity contribution is -0.133. The Morgan fingerprint density at radius 1 is 1.45 bits per heavy atom. The van der Waals surface area contributed by atoms with Crippen LogP contribution in [-0.2, 0) is 11.2 Å². The van der Waals surface area contributed by atoms with E-state index in [2.05, 4.69) is 12.2 Å². The summed E-state index contributed by atoms with van der Waals surface area (Å²) in [6, 6.07) is 5.80. The van der Waals surface area contributed by atoms with Crippen LogP contribution in [0, 0.1) is 5.92 Å². The normalized spacial score (nSPS) is 25.0. The SMILES string of the molecule is COc1cccc2c1CC(C(=O)N1CCCC(C)C1)N2. The Kier molecular flexibility index (Phi) is 3.55. The number of hydrogen-bond donors (Lipinski definition) is 1. The van der Waals surface area contributed by atoms with Gasteiger partial charge in [0.15, 0.2) is 0 Å². The number of nitrogens with one attached hydrogen (secondary N) is 1. The van der Waals surface area contributed by atoms with E-state index in [1.165, 1.54) is 6.42 Å². The van der Waals surface area contributed by atoms with Crippen LogP contribution in [0.25, 0.3) is 0 Å². The van der Waals surface area contributed by atoms with Gasteiger partial charge in [-0.1, -0.05) is 13.0 Å². The topological polar surface area (TPSA) is 41.6 Å². The molecule has 108 valence electrons. The number of amides is 1. The number of fused-ring (bicyclic) bond motifs is 1. The Balaban J connectivity index is 1.73. The molecule has 1 fully saturated rings. The highest BCUT2D eigenvalue weighted by molar-refractivity contribution is 5.88. The minimum Gasteiger partial charge on any atom is -0.496 e. The van der Waals surface area contributed by atoms with E-state index in [0.29, 0.717) is 5.92 Å². The molecule has 1 aromatic carbocycles. The van der Waals surface area contributed by atoms with Crippen molar-refractivity contribution < 1.29 is 9.53 Å². The van der Waals surface area contributed by atoms with Gasteiger partial charge >= 0.3 is 0 Å². The minimum atomic E-state index is -0.133. The van der Waals surface area contributed by atoms with Crippen molar-refractivity contribution in [1.29, 1.82) is 0 Å². The van der Waals surface area contributed by atoms with Crippen molar-refractivity contribution in [2.45, 2.75) is 32.2 Å². The van der Waals surface area contributed by atoms with Crippen molar-refractivity contribution in [2.75, 3.05) is 25.5 Å². The molecule has 4 heteroatoms. The third kappa shape index (κ3) is 2.35. The number of likely N-dealkylation sites (tertiary alicyclic amines) is 1. The number of carbonyl (C=O) groups is 1. The van der Waals surface area contributed by atoms with Crippen LogP contribution < -0.4 is 10.1 Å². The van der Waals surface area contributed by atoms with Crippen LogP contribution in [0.4, 0.5) is 5.69 Å². The van der Waals surface area contributed by atoms with E-state index in [9.17, 15) is 4.79 Å². The maximum absolute atomic E-state index is 12.6. The maximum Gasteiger partial charge on any atom is 0.245 e. The molecule has 2 atom stereocenters. The number of methoxy groups -OCH3 is 1. The van der Waals surface area contributed by atoms with Crippen LogP contribution in [0.3, 0.4) is 0 Å². The van der Waals surface area contributed by atoms with Crippen LogP contribution in [0.1, 0.15) is 25.3 Å². The lowest BCUT2D eigenvalue weighted by atomic mass is 9.99. The molecule has 0 spiro atoms. The van der Waals surface area contributed by atoms with Gasteiger partial charge in [-0.05, 0) is 30.9 Å². The number of ether oxygens (including phenoxy) is 1. The Hall–Kier alpha value is -1.71. The van der Waals surface area contributed by atoms with Gasteiger partial charge in [-0.25, -0.2) is 0 Å². The summed E-state index contributed by atoms with van der Waals surface area (Å²) in [6.07, 6.45) is 3.08. The molecule has 0 radical (unpaired) electrons. The average Bonchev–Trinajstić information content (AvgIpc) is 2.90. The van der Waals surface area contributed by atoms with Crippen molar-refractivity contribution in [3.63, 3.8) is 0 Å². The number of rotatable bonds is 2. The zero-order valence-electron chi connectivity index (χ0n) is 12.2. The summed E-state index contributed by atoms with van der Waals surface area (Å²) < 4.78 is 5.38. The number of carbonyl (C=O) groups excluding carboxylic acids is 1. The van der Waals surface area contributed by atoms with E-state index >= 15 is 0 Å². The number of piperidine rings is 1. The average molecular weight is 274 g/mol. The summed E-state index contributed by atoms with van der Waals surface area (Å²) in [5, 5.41) is 3.35. The summed E-state index contributed by atoms with van der Waals surface area (Å²) in [6.45, 7) is 4.01. The van der Waals surface area contributed by atoms with Crippen LogP contribution in [0.15, 0.2) is 18.2 Å². The monoisotopic (exact) mass is 274 g/mol. The highest BCUT2D eigenvalue weighted by Crippen LogP contribution is 2.34. The van der Waals surface area contributed by atoms with E-state index in [1.54, 1.807) is 7.11 Å². The Labute approximate surface area is 120 Å². The summed E-state index contributed by atoms with van der Waals surface area (Å²) in [7, 11) is 1.68. The van der Waals surface area contributed by atoms with Gasteiger partial charge in [-0.3, -0.25) is 4.79 Å². The number of benzene rings is 1. The molecule has 1 N–H and O–H groups in total. The molecule has 1 saturated heterocycles. The van der Waals surface area contributed by atoms with Crippen molar-refractivity contribution in [1.82, 2.24) is 4.90 Å². The molecule has 2 aliphatic heterocycles. The quantitative estimate of drug-likeness (QED) is 0.899. The second-order valence-corrected chi connectivity index (χ2v) is 5.92. The van der Waals surface area contributed by atoms with Crippen molar-refractivity contribution in [3.05, 3.63) is 23.8 Å². The van der Waals surface area contributed by atoms with Crippen molar-refractivity contribution in [2.24, 2.45) is 5.92 Å². The fourth-order valence-electron chi connectivity index (χ4n) is 3.30. The van der Waals surface area contributed by atoms with E-state index in [4.69, 9.17) is 4.74 Å². The number of anilines is 1. The molecule has 0 bridgehead atoms. The molecule has 0 saturated carbocycles. The van der Waals surface area contributed by atoms with Gasteiger partial charge in [0.05, 0.1) is 7.11 Å². The molecular formula is C16H22N2O2. The fourth-order valence-corrected chi connectivity index (χ4v) is 3.30. The van der Waals surface area contributed by atoms with Crippen LogP contribution in [-0.4, -0.2) is 37.0 Å². The zero-order chi connectivity index (χ0) is 14.1. The van der Waals surface area contributed by atoms with E-state index in [1.807, 2.05) is 23.1 Å². The zero-order valence-corrected chi connectivity index (χ0v) is 12.2. The molecule has 2 heterocycles. The molecule has 2 aliphatic rings. The van der Waals surface area contributed by atoms with Crippen molar-refractivity contribution >= 4 is 11.6 Å². The molecular weight excluding hydrogens is 252 g/mol. The molecule has 1 aromatic rings. The number of hydrogen-bond acceptors (Lipinski definition) is 3. The highest BCUT2D eigenvalue weighted by Gasteiger charge is 2.33. The van der Waals surface area contributed by atoms with Gasteiger partial charge in [-0.15, -0.1) is 0 Å². The minimum absolute atomic E-state index is 0.133. The lowest BCUT2D eigenvalue weighted by Crippen LogP contribution is -2.46. The van der Waals surface area contributed by atoms with Crippen molar-refractivity contribution in [3.8, 4) is 5.75 Å². The third-order valence-corrected chi connectivity index (χ3v) is 4.36. The first-order valence-electron chi connectivity index (χ1n) is 7.40. The predicted octanol–water partition coefficient (Wildman–Crippen LogP) is 2.29. The predicted molar refractivity (Wildman–Crippen MR) is 79.1 cm³/mol. The highest BCUT2D eigenvalue weighted by atomic mass is 16.5. The Morgan fingerprint density at radius 3 is 3.05 bits per heavy atom. The fraction of sp³-hybridized carbons (Fsp3) is 0.562. The maximum atomic E-state index is 12.6. The molecule has 0 aliphatic carbocycles. The summed E-state index contributed by atoms with van der Waals surface area (Å²) in [5.74, 6) is 1.72. The van der Waals surface area contributed by atoms with Crippen LogP contribution in [0.2, 0.25) is 0 Å². The third-order valence-electron chi connectivity index (χ3n) is 4.36. The van der Waals surface area contributed by atoms with E-state index < -0.39 is 0 Å². The smallest absolute Gasteiger partial charge is 0.245 e. The van der Waals surface area contributed by atoms with Crippen LogP contribution >= 0.6 is 0 Å². The molecule has 0 aromatic heterocycles. The number of nitrogens with zero attached hydrogens (tertiary/aromatic N) is 1. The first-order chi connectivity index (χ1) is 9.69. The van der Waals surface area contributed by atoms with E-state index in [0.717, 1.165) is 42.9 Å². The molecule has 2 unspecified atom stereocenters. The lowest BCUT2D eigenvalue weighted by Gasteiger charge is -2.32. The Morgan fingerprint density at radius 2 is 2.30 bits per heavy atom. The largest absolute Gasteiger partial charge is 0.496 e. The first kappa shape index (κ1) is 13.3. The standard InChI is InChI=1S/C16H22N2O2/c1-11-5-4-8-18(10-11)16(19)14-9-12-13(17-14)6-3-7-15(12)20-2/h3,6-7,11,14,17H,4-5,8-10H2,1-2H3. The molecule has 4 nitrogen and oxygen atoms in total. The second-order valence-electron chi connectivity index (χ2n) is 5.92. The van der Waals surface area contributed by atoms with Gasteiger partial charge < -0.3 is 15.0 Å². The Bertz CT molecular complexity index is 515. The van der Waals surface area contributed by atoms with Gasteiger partial charge in [0.2, 0.25) is 5.91 Å². The van der Waals surface area contributed by atoms with Crippen LogP contribution in [0.5, 0.6) is 5.75 Å². The second kappa shape index (κ2) is 5.35. The summed E-state index contributed by atoms with van der Waals surface area (Å²) in [5.41, 5.74) is 2.16. The van der Waals surface area contributed by atoms with Gasteiger partial charge in [0, 0.05) is 30.8 Å². The summed E-state index contributed by atoms with van der Waals surface area (Å²) >= 11 is 0. The summed E-state index contributed by atoms with van der Waals surface area (Å²) in [4.78, 5) is 14.7. The van der Waals surface area contributed by atoms with Gasteiger partial charge in [-0.2, -0.15) is 0 Å². The molecule has 1 amide bonds. The molecule has 20 heavy (non-hydrogen) atoms.